The van der Waals surface area contributed by atoms with Gasteiger partial charge < -0.3 is 4.90 Å². The molecule has 0 radical (unpaired) electrons. The van der Waals surface area contributed by atoms with Gasteiger partial charge in [-0.3, -0.25) is 4.79 Å². The molecular weight excluding hydrogens is 302 g/mol. The molecule has 1 aliphatic heterocycles. The van der Waals surface area contributed by atoms with Crippen LogP contribution in [0.1, 0.15) is 5.56 Å². The fraction of sp³-hybridized carbons (Fsp3) is 0.417. The Hall–Kier alpha value is -0.940. The quantitative estimate of drug-likeness (QED) is 0.765. The zero-order valence-electron chi connectivity index (χ0n) is 9.62. The Morgan fingerprint density at radius 3 is 2.58 bits per heavy atom. The molecule has 19 heavy (non-hydrogen) atoms. The molecule has 1 aliphatic rings. The van der Waals surface area contributed by atoms with Crippen LogP contribution in [0.4, 0.5) is 18.9 Å². The van der Waals surface area contributed by atoms with Gasteiger partial charge in [0.05, 0.1) is 5.56 Å². The highest BCUT2D eigenvalue weighted by Crippen LogP contribution is 2.34. The van der Waals surface area contributed by atoms with Gasteiger partial charge >= 0.3 is 6.18 Å². The zero-order chi connectivity index (χ0) is 14.2. The molecule has 104 valence electrons. The topological polar surface area (TPSA) is 20.3 Å². The Balaban J connectivity index is 2.31. The first-order chi connectivity index (χ1) is 8.84. The lowest BCUT2D eigenvalue weighted by molar-refractivity contribution is -0.137. The molecule has 0 aromatic heterocycles. The summed E-state index contributed by atoms with van der Waals surface area (Å²) in [5.74, 6) is -0.480. The number of benzene rings is 1. The Morgan fingerprint density at radius 1 is 1.37 bits per heavy atom. The summed E-state index contributed by atoms with van der Waals surface area (Å²) in [4.78, 5) is 13.1. The third-order valence-electron chi connectivity index (χ3n) is 3.02. The van der Waals surface area contributed by atoms with Gasteiger partial charge in [-0.25, -0.2) is 0 Å². The summed E-state index contributed by atoms with van der Waals surface area (Å²) >= 11 is 11.6. The highest BCUT2D eigenvalue weighted by Gasteiger charge is 2.40. The fourth-order valence-corrected chi connectivity index (χ4v) is 2.63. The minimum absolute atomic E-state index is 0.190. The molecule has 1 heterocycles. The van der Waals surface area contributed by atoms with E-state index >= 15 is 0 Å². The number of amides is 1. The third kappa shape index (κ3) is 2.82. The van der Waals surface area contributed by atoms with Crippen LogP contribution in [0.25, 0.3) is 0 Å². The fourth-order valence-electron chi connectivity index (χ4n) is 1.98. The number of hydrogen-bond donors (Lipinski definition) is 0. The Morgan fingerprint density at radius 2 is 2.05 bits per heavy atom. The first kappa shape index (κ1) is 14.5. The van der Waals surface area contributed by atoms with Crippen LogP contribution in [0.15, 0.2) is 24.3 Å². The Labute approximate surface area is 118 Å². The second-order valence-corrected chi connectivity index (χ2v) is 5.09. The number of nitrogens with zero attached hydrogens (tertiary/aromatic N) is 1. The van der Waals surface area contributed by atoms with Crippen molar-refractivity contribution in [3.8, 4) is 0 Å². The maximum atomic E-state index is 12.6. The molecule has 2 atom stereocenters. The molecule has 2 rings (SSSR count). The van der Waals surface area contributed by atoms with Crippen LogP contribution < -0.4 is 4.90 Å². The van der Waals surface area contributed by atoms with Gasteiger partial charge in [0.1, 0.15) is 5.38 Å². The Kier molecular flexibility index (Phi) is 3.97. The van der Waals surface area contributed by atoms with Gasteiger partial charge in [-0.1, -0.05) is 6.07 Å². The van der Waals surface area contributed by atoms with Crippen molar-refractivity contribution in [2.45, 2.75) is 11.6 Å². The van der Waals surface area contributed by atoms with E-state index in [9.17, 15) is 18.0 Å². The number of anilines is 1. The maximum Gasteiger partial charge on any atom is 0.416 e. The van der Waals surface area contributed by atoms with E-state index < -0.39 is 23.0 Å². The van der Waals surface area contributed by atoms with Gasteiger partial charge in [-0.15, -0.1) is 23.2 Å². The van der Waals surface area contributed by atoms with Crippen molar-refractivity contribution < 1.29 is 18.0 Å². The van der Waals surface area contributed by atoms with Crippen LogP contribution in [-0.4, -0.2) is 23.7 Å². The summed E-state index contributed by atoms with van der Waals surface area (Å²) in [6, 6.07) is 4.62. The molecule has 0 unspecified atom stereocenters. The minimum atomic E-state index is -4.44. The maximum absolute atomic E-state index is 12.6. The molecule has 0 N–H and O–H groups in total. The zero-order valence-corrected chi connectivity index (χ0v) is 11.1. The standard InChI is InChI=1S/C12H10Cl2F3NO/c13-5-7-6-18(11(19)10(7)14)9-3-1-2-8(4-9)12(15,16)17/h1-4,7,10H,5-6H2/t7-,10-/m0/s1. The van der Waals surface area contributed by atoms with E-state index in [2.05, 4.69) is 0 Å². The SMILES string of the molecule is O=C1[C@@H](Cl)[C@@H](CCl)CN1c1cccc(C(F)(F)F)c1. The first-order valence-electron chi connectivity index (χ1n) is 5.53. The number of alkyl halides is 5. The number of carbonyl (C=O) groups excluding carboxylic acids is 1. The lowest BCUT2D eigenvalue weighted by Crippen LogP contribution is -2.27. The summed E-state index contributed by atoms with van der Waals surface area (Å²) in [7, 11) is 0. The molecule has 0 aliphatic carbocycles. The molecule has 1 fully saturated rings. The van der Waals surface area contributed by atoms with E-state index in [1.165, 1.54) is 17.0 Å². The highest BCUT2D eigenvalue weighted by atomic mass is 35.5. The monoisotopic (exact) mass is 311 g/mol. The van der Waals surface area contributed by atoms with Crippen molar-refractivity contribution in [2.24, 2.45) is 5.92 Å². The van der Waals surface area contributed by atoms with Gasteiger partial charge in [0.15, 0.2) is 0 Å². The van der Waals surface area contributed by atoms with Crippen molar-refractivity contribution in [1.82, 2.24) is 0 Å². The molecular formula is C12H10Cl2F3NO. The van der Waals surface area contributed by atoms with Crippen LogP contribution in [0, 0.1) is 5.92 Å². The van der Waals surface area contributed by atoms with Crippen molar-refractivity contribution in [2.75, 3.05) is 17.3 Å². The average molecular weight is 312 g/mol. The predicted octanol–water partition coefficient (Wildman–Crippen LogP) is 3.51. The molecule has 0 spiro atoms. The van der Waals surface area contributed by atoms with Gasteiger partial charge in [0.2, 0.25) is 5.91 Å². The summed E-state index contributed by atoms with van der Waals surface area (Å²) in [6.07, 6.45) is -4.44. The van der Waals surface area contributed by atoms with Crippen LogP contribution >= 0.6 is 23.2 Å². The van der Waals surface area contributed by atoms with E-state index in [1.807, 2.05) is 0 Å². The van der Waals surface area contributed by atoms with Gasteiger partial charge in [0, 0.05) is 24.0 Å². The van der Waals surface area contributed by atoms with Crippen molar-refractivity contribution >= 4 is 34.8 Å². The van der Waals surface area contributed by atoms with E-state index in [1.54, 1.807) is 0 Å². The summed E-state index contributed by atoms with van der Waals surface area (Å²) < 4.78 is 37.9. The molecule has 0 bridgehead atoms. The van der Waals surface area contributed by atoms with E-state index in [0.717, 1.165) is 12.1 Å². The van der Waals surface area contributed by atoms with Crippen LogP contribution in [-0.2, 0) is 11.0 Å². The molecule has 7 heteroatoms. The second-order valence-electron chi connectivity index (χ2n) is 4.31. The van der Waals surface area contributed by atoms with Gasteiger partial charge in [-0.05, 0) is 18.2 Å². The molecule has 2 nitrogen and oxygen atoms in total. The van der Waals surface area contributed by atoms with E-state index in [0.29, 0.717) is 0 Å². The molecule has 1 aromatic carbocycles. The Bertz CT molecular complexity index is 492. The normalized spacial score (nSPS) is 24.1. The molecule has 1 amide bonds. The van der Waals surface area contributed by atoms with Crippen molar-refractivity contribution in [1.29, 1.82) is 0 Å². The van der Waals surface area contributed by atoms with Crippen LogP contribution in [0.3, 0.4) is 0 Å². The molecule has 1 saturated heterocycles. The molecule has 1 aromatic rings. The van der Waals surface area contributed by atoms with Crippen LogP contribution in [0.2, 0.25) is 0 Å². The second kappa shape index (κ2) is 5.21. The van der Waals surface area contributed by atoms with Gasteiger partial charge in [-0.2, -0.15) is 13.2 Å². The van der Waals surface area contributed by atoms with Crippen molar-refractivity contribution in [3.05, 3.63) is 29.8 Å². The van der Waals surface area contributed by atoms with Crippen LogP contribution in [0.5, 0.6) is 0 Å². The summed E-state index contributed by atoms with van der Waals surface area (Å²) in [6.45, 7) is 0.234. The average Bonchev–Trinajstić information content (AvgIpc) is 2.65. The number of halogens is 5. The van der Waals surface area contributed by atoms with Crippen molar-refractivity contribution in [3.63, 3.8) is 0 Å². The van der Waals surface area contributed by atoms with Gasteiger partial charge in [0.25, 0.3) is 0 Å². The largest absolute Gasteiger partial charge is 0.416 e. The molecule has 0 saturated carbocycles. The number of carbonyl (C=O) groups is 1. The highest BCUT2D eigenvalue weighted by molar-refractivity contribution is 6.34. The van der Waals surface area contributed by atoms with E-state index in [4.69, 9.17) is 23.2 Å². The lowest BCUT2D eigenvalue weighted by Gasteiger charge is -2.18. The third-order valence-corrected chi connectivity index (χ3v) is 3.96. The summed E-state index contributed by atoms with van der Waals surface area (Å²) in [5.41, 5.74) is -0.601. The number of hydrogen-bond acceptors (Lipinski definition) is 1. The minimum Gasteiger partial charge on any atom is -0.311 e. The predicted molar refractivity (Wildman–Crippen MR) is 67.6 cm³/mol. The van der Waals surface area contributed by atoms with E-state index in [-0.39, 0.29) is 24.0 Å². The first-order valence-corrected chi connectivity index (χ1v) is 6.50. The lowest BCUT2D eigenvalue weighted by atomic mass is 10.1. The number of rotatable bonds is 2. The summed E-state index contributed by atoms with van der Waals surface area (Å²) in [5, 5.41) is -0.785. The smallest absolute Gasteiger partial charge is 0.311 e.